The molecular formula is C10H11O4S. The first-order chi connectivity index (χ1) is 6.98. The Morgan fingerprint density at radius 3 is 2.27 bits per heavy atom. The van der Waals surface area contributed by atoms with Gasteiger partial charge in [0.15, 0.2) is 0 Å². The normalized spacial score (nSPS) is 13.2. The Morgan fingerprint density at radius 1 is 1.27 bits per heavy atom. The summed E-state index contributed by atoms with van der Waals surface area (Å²) < 4.78 is 27.8. The Labute approximate surface area is 88.8 Å². The van der Waals surface area contributed by atoms with Gasteiger partial charge in [0.05, 0.1) is 4.90 Å². The van der Waals surface area contributed by atoms with Crippen LogP contribution in [0.15, 0.2) is 29.2 Å². The lowest BCUT2D eigenvalue weighted by Crippen LogP contribution is -2.20. The number of benzene rings is 1. The van der Waals surface area contributed by atoms with Crippen LogP contribution in [0.3, 0.4) is 0 Å². The van der Waals surface area contributed by atoms with Gasteiger partial charge in [-0.15, -0.1) is 0 Å². The van der Waals surface area contributed by atoms with E-state index >= 15 is 0 Å². The van der Waals surface area contributed by atoms with Crippen LogP contribution in [0.1, 0.15) is 12.5 Å². The Morgan fingerprint density at radius 2 is 1.80 bits per heavy atom. The number of aryl methyl sites for hydroxylation is 1. The molecule has 1 aromatic rings. The lowest BCUT2D eigenvalue weighted by atomic mass is 10.2. The van der Waals surface area contributed by atoms with Crippen molar-refractivity contribution in [1.82, 2.24) is 0 Å². The molecular weight excluding hydrogens is 216 g/mol. The summed E-state index contributed by atoms with van der Waals surface area (Å²) >= 11 is 0. The van der Waals surface area contributed by atoms with Gasteiger partial charge in [0.1, 0.15) is 0 Å². The average Bonchev–Trinajstić information content (AvgIpc) is 2.18. The minimum atomic E-state index is -3.60. The topological polar surface area (TPSA) is 60.4 Å². The number of carbonyl (C=O) groups excluding carboxylic acids is 1. The summed E-state index contributed by atoms with van der Waals surface area (Å²) in [5, 5.41) is 0. The van der Waals surface area contributed by atoms with Gasteiger partial charge in [-0.05, 0) is 26.0 Å². The quantitative estimate of drug-likeness (QED) is 0.775. The van der Waals surface area contributed by atoms with Crippen molar-refractivity contribution in [2.75, 3.05) is 0 Å². The standard InChI is InChI=1S/C10H11O4S/c1-8-3-5-10(6-4-8)15(12,13)9(2)14-7-11/h3-6,9H,1-2H3. The molecule has 5 heteroatoms. The van der Waals surface area contributed by atoms with E-state index in [0.29, 0.717) is 0 Å². The lowest BCUT2D eigenvalue weighted by molar-refractivity contribution is 0.257. The minimum absolute atomic E-state index is 0.135. The van der Waals surface area contributed by atoms with Crippen molar-refractivity contribution >= 4 is 16.3 Å². The number of rotatable bonds is 4. The average molecular weight is 227 g/mol. The molecule has 1 rings (SSSR count). The lowest BCUT2D eigenvalue weighted by Gasteiger charge is -2.10. The molecule has 0 fully saturated rings. The number of hydrogen-bond acceptors (Lipinski definition) is 4. The summed E-state index contributed by atoms with van der Waals surface area (Å²) in [6.07, 6.45) is 0. The van der Waals surface area contributed by atoms with Gasteiger partial charge in [-0.25, -0.2) is 13.2 Å². The first kappa shape index (κ1) is 11.7. The smallest absolute Gasteiger partial charge is 0.418 e. The number of ether oxygens (including phenoxy) is 1. The van der Waals surface area contributed by atoms with Gasteiger partial charge in [0.2, 0.25) is 15.3 Å². The van der Waals surface area contributed by atoms with Crippen LogP contribution >= 0.6 is 0 Å². The Balaban J connectivity index is 3.06. The number of sulfone groups is 1. The second kappa shape index (κ2) is 4.44. The SMILES string of the molecule is Cc1ccc(S(=O)(=O)C(C)O[C]=O)cc1. The highest BCUT2D eigenvalue weighted by Crippen LogP contribution is 2.16. The van der Waals surface area contributed by atoms with E-state index in [-0.39, 0.29) is 4.90 Å². The maximum absolute atomic E-state index is 11.7. The largest absolute Gasteiger partial charge is 0.437 e. The van der Waals surface area contributed by atoms with E-state index in [0.717, 1.165) is 12.0 Å². The molecule has 0 aromatic heterocycles. The fourth-order valence-electron chi connectivity index (χ4n) is 1.05. The molecule has 0 N–H and O–H groups in total. The second-order valence-corrected chi connectivity index (χ2v) is 5.35. The molecule has 0 amide bonds. The fraction of sp³-hybridized carbons (Fsp3) is 0.300. The van der Waals surface area contributed by atoms with E-state index in [9.17, 15) is 13.2 Å². The summed E-state index contributed by atoms with van der Waals surface area (Å²) in [6, 6.07) is 6.33. The summed E-state index contributed by atoms with van der Waals surface area (Å²) in [5.74, 6) is 0. The van der Waals surface area contributed by atoms with E-state index in [4.69, 9.17) is 0 Å². The third kappa shape index (κ3) is 2.56. The fourth-order valence-corrected chi connectivity index (χ4v) is 2.12. The van der Waals surface area contributed by atoms with Crippen molar-refractivity contribution in [2.45, 2.75) is 24.2 Å². The van der Waals surface area contributed by atoms with Crippen molar-refractivity contribution < 1.29 is 17.9 Å². The number of hydrogen-bond donors (Lipinski definition) is 0. The monoisotopic (exact) mass is 227 g/mol. The maximum Gasteiger partial charge on any atom is 0.418 e. The molecule has 0 aliphatic heterocycles. The third-order valence-corrected chi connectivity index (χ3v) is 3.90. The molecule has 81 valence electrons. The second-order valence-electron chi connectivity index (χ2n) is 3.13. The molecule has 1 atom stereocenters. The summed E-state index contributed by atoms with van der Waals surface area (Å²) in [5.41, 5.74) is -0.248. The van der Waals surface area contributed by atoms with Gasteiger partial charge in [-0.1, -0.05) is 17.7 Å². The summed E-state index contributed by atoms with van der Waals surface area (Å²) in [4.78, 5) is 10.1. The van der Waals surface area contributed by atoms with Crippen molar-refractivity contribution in [2.24, 2.45) is 0 Å². The van der Waals surface area contributed by atoms with E-state index in [1.807, 2.05) is 6.92 Å². The highest BCUT2D eigenvalue weighted by Gasteiger charge is 2.24. The van der Waals surface area contributed by atoms with Crippen LogP contribution < -0.4 is 0 Å². The van der Waals surface area contributed by atoms with Crippen LogP contribution in [0, 0.1) is 6.92 Å². The van der Waals surface area contributed by atoms with E-state index in [1.165, 1.54) is 19.1 Å². The molecule has 0 spiro atoms. The van der Waals surface area contributed by atoms with Crippen molar-refractivity contribution in [3.05, 3.63) is 29.8 Å². The molecule has 15 heavy (non-hydrogen) atoms. The Bertz CT molecular complexity index is 433. The van der Waals surface area contributed by atoms with Gasteiger partial charge < -0.3 is 4.74 Å². The predicted molar refractivity (Wildman–Crippen MR) is 54.6 cm³/mol. The van der Waals surface area contributed by atoms with Gasteiger partial charge in [0, 0.05) is 0 Å². The first-order valence-electron chi connectivity index (χ1n) is 4.32. The van der Waals surface area contributed by atoms with Gasteiger partial charge in [-0.2, -0.15) is 0 Å². The molecule has 0 bridgehead atoms. The highest BCUT2D eigenvalue weighted by atomic mass is 32.2. The molecule has 1 unspecified atom stereocenters. The van der Waals surface area contributed by atoms with Crippen LogP contribution in [-0.4, -0.2) is 20.3 Å². The highest BCUT2D eigenvalue weighted by molar-refractivity contribution is 7.91. The summed E-state index contributed by atoms with van der Waals surface area (Å²) in [7, 11) is -3.60. The molecule has 0 aliphatic rings. The molecule has 0 heterocycles. The van der Waals surface area contributed by atoms with Crippen molar-refractivity contribution in [1.29, 1.82) is 0 Å². The third-order valence-electron chi connectivity index (χ3n) is 2.00. The Hall–Kier alpha value is -1.36. The zero-order valence-corrected chi connectivity index (χ0v) is 9.24. The minimum Gasteiger partial charge on any atom is -0.437 e. The maximum atomic E-state index is 11.7. The van der Waals surface area contributed by atoms with Gasteiger partial charge in [-0.3, -0.25) is 0 Å². The molecule has 0 saturated heterocycles. The molecule has 4 nitrogen and oxygen atoms in total. The molecule has 0 aliphatic carbocycles. The predicted octanol–water partition coefficient (Wildman–Crippen LogP) is 1.20. The van der Waals surface area contributed by atoms with Crippen LogP contribution in [-0.2, 0) is 19.4 Å². The molecule has 0 saturated carbocycles. The Kier molecular flexibility index (Phi) is 3.47. The zero-order valence-electron chi connectivity index (χ0n) is 8.43. The van der Waals surface area contributed by atoms with Crippen LogP contribution in [0.5, 0.6) is 0 Å². The van der Waals surface area contributed by atoms with E-state index in [1.54, 1.807) is 12.1 Å². The van der Waals surface area contributed by atoms with Crippen LogP contribution in [0.4, 0.5) is 0 Å². The van der Waals surface area contributed by atoms with Crippen molar-refractivity contribution in [3.8, 4) is 0 Å². The molecule has 1 radical (unpaired) electrons. The zero-order chi connectivity index (χ0) is 11.5. The van der Waals surface area contributed by atoms with Crippen molar-refractivity contribution in [3.63, 3.8) is 0 Å². The molecule has 1 aromatic carbocycles. The van der Waals surface area contributed by atoms with Gasteiger partial charge in [0.25, 0.3) is 0 Å². The van der Waals surface area contributed by atoms with E-state index < -0.39 is 15.3 Å². The first-order valence-corrected chi connectivity index (χ1v) is 5.86. The van der Waals surface area contributed by atoms with Crippen LogP contribution in [0.25, 0.3) is 0 Å². The summed E-state index contributed by atoms with van der Waals surface area (Å²) in [6.45, 7) is 4.27. The van der Waals surface area contributed by atoms with E-state index in [2.05, 4.69) is 4.74 Å². The van der Waals surface area contributed by atoms with Crippen LogP contribution in [0.2, 0.25) is 0 Å². The van der Waals surface area contributed by atoms with Gasteiger partial charge >= 0.3 is 6.47 Å².